The van der Waals surface area contributed by atoms with E-state index in [0.717, 1.165) is 28.5 Å². The number of hydrogen-bond acceptors (Lipinski definition) is 4. The van der Waals surface area contributed by atoms with Gasteiger partial charge in [0, 0.05) is 50.6 Å². The summed E-state index contributed by atoms with van der Waals surface area (Å²) in [6.07, 6.45) is 2.39. The number of amides is 2. The zero-order valence-electron chi connectivity index (χ0n) is 17.0. The van der Waals surface area contributed by atoms with Gasteiger partial charge in [-0.3, -0.25) is 14.3 Å². The van der Waals surface area contributed by atoms with E-state index in [1.165, 1.54) is 0 Å². The number of ether oxygens (including phenoxy) is 1. The lowest BCUT2D eigenvalue weighted by atomic mass is 10.0. The number of nitrogens with zero attached hydrogens (tertiary/aromatic N) is 4. The number of aryl methyl sites for hydroxylation is 1. The number of benzene rings is 2. The van der Waals surface area contributed by atoms with E-state index in [1.54, 1.807) is 0 Å². The van der Waals surface area contributed by atoms with Crippen molar-refractivity contribution in [2.24, 2.45) is 7.05 Å². The van der Waals surface area contributed by atoms with Crippen molar-refractivity contribution in [3.63, 3.8) is 0 Å². The molecule has 5 rings (SSSR count). The number of piperazine rings is 1. The molecule has 2 saturated heterocycles. The molecule has 3 aromatic rings. The molecule has 0 N–H and O–H groups in total. The van der Waals surface area contributed by atoms with E-state index in [0.29, 0.717) is 38.3 Å². The highest BCUT2D eigenvalue weighted by Crippen LogP contribution is 2.25. The molecule has 30 heavy (non-hydrogen) atoms. The number of aromatic nitrogens is 2. The Labute approximate surface area is 174 Å². The first kappa shape index (κ1) is 18.8. The maximum Gasteiger partial charge on any atom is 0.253 e. The van der Waals surface area contributed by atoms with Crippen molar-refractivity contribution in [1.82, 2.24) is 19.6 Å². The van der Waals surface area contributed by atoms with E-state index in [4.69, 9.17) is 4.74 Å². The zero-order valence-corrected chi connectivity index (χ0v) is 17.0. The average Bonchev–Trinajstić information content (AvgIpc) is 3.12. The van der Waals surface area contributed by atoms with Crippen LogP contribution in [0.1, 0.15) is 16.8 Å². The van der Waals surface area contributed by atoms with E-state index in [9.17, 15) is 9.59 Å². The first-order valence-electron chi connectivity index (χ1n) is 10.3. The second kappa shape index (κ2) is 7.57. The van der Waals surface area contributed by atoms with Gasteiger partial charge in [0.25, 0.3) is 11.8 Å². The van der Waals surface area contributed by atoms with Crippen LogP contribution in [0.15, 0.2) is 48.7 Å². The van der Waals surface area contributed by atoms with Gasteiger partial charge >= 0.3 is 0 Å². The SMILES string of the molecule is Cn1ncc2cc(-c3ccc(C(=O)N4CCN(C(=O)C5CCO5)CC4)cc3)ccc21. The van der Waals surface area contributed by atoms with E-state index in [2.05, 4.69) is 23.3 Å². The van der Waals surface area contributed by atoms with Gasteiger partial charge in [0.15, 0.2) is 0 Å². The van der Waals surface area contributed by atoms with Gasteiger partial charge in [-0.25, -0.2) is 0 Å². The Kier molecular flexibility index (Phi) is 4.75. The molecule has 0 spiro atoms. The van der Waals surface area contributed by atoms with Gasteiger partial charge in [0.2, 0.25) is 0 Å². The Hall–Kier alpha value is -3.19. The lowest BCUT2D eigenvalue weighted by Gasteiger charge is -2.38. The van der Waals surface area contributed by atoms with E-state index in [-0.39, 0.29) is 17.9 Å². The van der Waals surface area contributed by atoms with Crippen LogP contribution in [0.25, 0.3) is 22.0 Å². The number of carbonyl (C=O) groups excluding carboxylic acids is 2. The van der Waals surface area contributed by atoms with Gasteiger partial charge in [-0.15, -0.1) is 0 Å². The van der Waals surface area contributed by atoms with Crippen LogP contribution >= 0.6 is 0 Å². The topological polar surface area (TPSA) is 67.7 Å². The van der Waals surface area contributed by atoms with Gasteiger partial charge in [0.05, 0.1) is 18.3 Å². The Morgan fingerprint density at radius 1 is 0.967 bits per heavy atom. The number of hydrogen-bond donors (Lipinski definition) is 0. The van der Waals surface area contributed by atoms with E-state index >= 15 is 0 Å². The van der Waals surface area contributed by atoms with Crippen molar-refractivity contribution in [2.75, 3.05) is 32.8 Å². The monoisotopic (exact) mass is 404 g/mol. The summed E-state index contributed by atoms with van der Waals surface area (Å²) in [4.78, 5) is 28.8. The minimum atomic E-state index is -0.273. The highest BCUT2D eigenvalue weighted by molar-refractivity contribution is 5.95. The van der Waals surface area contributed by atoms with Crippen LogP contribution < -0.4 is 0 Å². The molecule has 2 aliphatic heterocycles. The standard InChI is InChI=1S/C23H24N4O3/c1-25-20-7-6-18(14-19(20)15-24-25)16-2-4-17(5-3-16)22(28)26-9-11-27(12-10-26)23(29)21-8-13-30-21/h2-7,14-15,21H,8-13H2,1H3. The minimum absolute atomic E-state index is 0.0104. The summed E-state index contributed by atoms with van der Waals surface area (Å²) in [7, 11) is 1.93. The average molecular weight is 404 g/mol. The lowest BCUT2D eigenvalue weighted by molar-refractivity contribution is -0.157. The molecular formula is C23H24N4O3. The van der Waals surface area contributed by atoms with Crippen molar-refractivity contribution in [1.29, 1.82) is 0 Å². The predicted molar refractivity (Wildman–Crippen MR) is 113 cm³/mol. The fourth-order valence-electron chi connectivity index (χ4n) is 4.10. The van der Waals surface area contributed by atoms with Gasteiger partial charge in [-0.1, -0.05) is 18.2 Å². The van der Waals surface area contributed by atoms with Crippen LogP contribution in [0.2, 0.25) is 0 Å². The van der Waals surface area contributed by atoms with Crippen LogP contribution in [-0.4, -0.2) is 70.3 Å². The van der Waals surface area contributed by atoms with Crippen LogP contribution in [0.4, 0.5) is 0 Å². The van der Waals surface area contributed by atoms with Gasteiger partial charge < -0.3 is 14.5 Å². The number of rotatable bonds is 3. The Morgan fingerprint density at radius 2 is 1.63 bits per heavy atom. The van der Waals surface area contributed by atoms with Gasteiger partial charge in [-0.05, 0) is 35.4 Å². The number of carbonyl (C=O) groups is 2. The smallest absolute Gasteiger partial charge is 0.253 e. The summed E-state index contributed by atoms with van der Waals surface area (Å²) in [5.74, 6) is 0.0690. The van der Waals surface area contributed by atoms with Crippen LogP contribution in [-0.2, 0) is 16.6 Å². The van der Waals surface area contributed by atoms with Crippen LogP contribution in [0, 0.1) is 0 Å². The lowest BCUT2D eigenvalue weighted by Crippen LogP contribution is -2.54. The molecule has 3 heterocycles. The maximum atomic E-state index is 12.9. The summed E-state index contributed by atoms with van der Waals surface area (Å²) in [6.45, 7) is 2.90. The Bertz CT molecular complexity index is 1090. The van der Waals surface area contributed by atoms with Crippen molar-refractivity contribution in [3.05, 3.63) is 54.2 Å². The summed E-state index contributed by atoms with van der Waals surface area (Å²) in [6, 6.07) is 14.0. The molecule has 0 bridgehead atoms. The Balaban J connectivity index is 1.25. The molecule has 1 aromatic heterocycles. The molecule has 2 fully saturated rings. The molecule has 1 unspecified atom stereocenters. The van der Waals surface area contributed by atoms with Crippen LogP contribution in [0.5, 0.6) is 0 Å². The van der Waals surface area contributed by atoms with Gasteiger partial charge in [0.1, 0.15) is 6.10 Å². The first-order chi connectivity index (χ1) is 14.6. The Morgan fingerprint density at radius 3 is 2.30 bits per heavy atom. The summed E-state index contributed by atoms with van der Waals surface area (Å²) >= 11 is 0. The highest BCUT2D eigenvalue weighted by Gasteiger charge is 2.33. The van der Waals surface area contributed by atoms with E-state index in [1.807, 2.05) is 52.0 Å². The maximum absolute atomic E-state index is 12.9. The molecule has 7 nitrogen and oxygen atoms in total. The van der Waals surface area contributed by atoms with Crippen molar-refractivity contribution in [3.8, 4) is 11.1 Å². The normalized spacial score (nSPS) is 19.0. The fraction of sp³-hybridized carbons (Fsp3) is 0.348. The summed E-state index contributed by atoms with van der Waals surface area (Å²) in [5, 5.41) is 5.38. The predicted octanol–water partition coefficient (Wildman–Crippen LogP) is 2.31. The molecule has 0 saturated carbocycles. The van der Waals surface area contributed by atoms with Crippen molar-refractivity contribution < 1.29 is 14.3 Å². The van der Waals surface area contributed by atoms with E-state index < -0.39 is 0 Å². The largest absolute Gasteiger partial charge is 0.368 e. The second-order valence-corrected chi connectivity index (χ2v) is 7.88. The highest BCUT2D eigenvalue weighted by atomic mass is 16.5. The summed E-state index contributed by atoms with van der Waals surface area (Å²) < 4.78 is 7.14. The quantitative estimate of drug-likeness (QED) is 0.672. The zero-order chi connectivity index (χ0) is 20.7. The van der Waals surface area contributed by atoms with Crippen LogP contribution in [0.3, 0.4) is 0 Å². The minimum Gasteiger partial charge on any atom is -0.368 e. The third kappa shape index (κ3) is 3.35. The first-order valence-corrected chi connectivity index (χ1v) is 10.3. The second-order valence-electron chi connectivity index (χ2n) is 7.88. The summed E-state index contributed by atoms with van der Waals surface area (Å²) in [5.41, 5.74) is 3.92. The van der Waals surface area contributed by atoms with Crippen molar-refractivity contribution >= 4 is 22.7 Å². The molecule has 154 valence electrons. The number of fused-ring (bicyclic) bond motifs is 1. The molecule has 0 aliphatic carbocycles. The van der Waals surface area contributed by atoms with Gasteiger partial charge in [-0.2, -0.15) is 5.10 Å². The molecule has 2 aliphatic rings. The fourth-order valence-corrected chi connectivity index (χ4v) is 4.10. The third-order valence-corrected chi connectivity index (χ3v) is 6.06. The molecule has 2 aromatic carbocycles. The van der Waals surface area contributed by atoms with Crippen molar-refractivity contribution in [2.45, 2.75) is 12.5 Å². The molecule has 7 heteroatoms. The molecule has 1 atom stereocenters. The third-order valence-electron chi connectivity index (χ3n) is 6.06. The molecule has 0 radical (unpaired) electrons. The molecule has 2 amide bonds. The molecular weight excluding hydrogens is 380 g/mol.